The molecule has 1 heterocycles. The Kier molecular flexibility index (Phi) is 5.39. The molecule has 3 nitrogen and oxygen atoms in total. The Balaban J connectivity index is 2.26. The third-order valence-electron chi connectivity index (χ3n) is 5.26. The molecule has 0 bridgehead atoms. The second-order valence-corrected chi connectivity index (χ2v) is 14.0. The third-order valence-corrected chi connectivity index (χ3v) is 9.75. The quantitative estimate of drug-likeness (QED) is 0.402. The smallest absolute Gasteiger partial charge is 0.193 e. The number of hydrogen-bond donors (Lipinski definition) is 0. The van der Waals surface area contributed by atoms with Crippen LogP contribution in [0.1, 0.15) is 64.2 Å². The SMILES string of the molecule is C#CCOCc1cc2c(o1)C(O[Si](C)(C)C(C)(C)C)CC(C)(C)C2. The fourth-order valence-corrected chi connectivity index (χ4v) is 4.26. The largest absolute Gasteiger partial charge is 0.461 e. The van der Waals surface area contributed by atoms with E-state index in [-0.39, 0.29) is 16.6 Å². The van der Waals surface area contributed by atoms with E-state index in [2.05, 4.69) is 59.7 Å². The van der Waals surface area contributed by atoms with E-state index in [1.165, 1.54) is 5.56 Å². The summed E-state index contributed by atoms with van der Waals surface area (Å²) in [6, 6.07) is 2.12. The Hall–Kier alpha value is -1.02. The molecule has 0 fully saturated rings. The van der Waals surface area contributed by atoms with Crippen molar-refractivity contribution in [3.63, 3.8) is 0 Å². The summed E-state index contributed by atoms with van der Waals surface area (Å²) < 4.78 is 18.3. The minimum absolute atomic E-state index is 0.0334. The molecule has 1 aromatic rings. The lowest BCUT2D eigenvalue weighted by atomic mass is 9.75. The number of furan rings is 1. The monoisotopic (exact) mass is 348 g/mol. The van der Waals surface area contributed by atoms with E-state index in [1.807, 2.05) is 0 Å². The summed E-state index contributed by atoms with van der Waals surface area (Å²) in [5.41, 5.74) is 1.47. The number of terminal acetylenes is 1. The molecular formula is C20H32O3Si. The average molecular weight is 349 g/mol. The average Bonchev–Trinajstić information content (AvgIpc) is 2.78. The van der Waals surface area contributed by atoms with E-state index in [0.717, 1.165) is 24.4 Å². The van der Waals surface area contributed by atoms with Gasteiger partial charge in [0, 0.05) is 0 Å². The summed E-state index contributed by atoms with van der Waals surface area (Å²) >= 11 is 0. The van der Waals surface area contributed by atoms with Gasteiger partial charge in [-0.1, -0.05) is 40.5 Å². The summed E-state index contributed by atoms with van der Waals surface area (Å²) in [6.07, 6.45) is 7.27. The minimum Gasteiger partial charge on any atom is -0.461 e. The second-order valence-electron chi connectivity index (χ2n) is 9.21. The lowest BCUT2D eigenvalue weighted by molar-refractivity contribution is 0.0801. The summed E-state index contributed by atoms with van der Waals surface area (Å²) in [4.78, 5) is 0. The maximum atomic E-state index is 6.72. The van der Waals surface area contributed by atoms with Crippen LogP contribution in [0.25, 0.3) is 0 Å². The molecule has 0 saturated heterocycles. The van der Waals surface area contributed by atoms with Crippen molar-refractivity contribution in [3.8, 4) is 12.3 Å². The number of rotatable bonds is 5. The lowest BCUT2D eigenvalue weighted by Gasteiger charge is -2.42. The van der Waals surface area contributed by atoms with Crippen LogP contribution in [0.3, 0.4) is 0 Å². The first kappa shape index (κ1) is 19.3. The van der Waals surface area contributed by atoms with Crippen LogP contribution in [-0.2, 0) is 22.2 Å². The van der Waals surface area contributed by atoms with Crippen molar-refractivity contribution >= 4 is 8.32 Å². The number of ether oxygens (including phenoxy) is 1. The van der Waals surface area contributed by atoms with Crippen molar-refractivity contribution in [1.29, 1.82) is 0 Å². The van der Waals surface area contributed by atoms with E-state index in [4.69, 9.17) is 20.0 Å². The molecule has 0 aliphatic heterocycles. The molecular weight excluding hydrogens is 316 g/mol. The zero-order valence-corrected chi connectivity index (χ0v) is 17.3. The first-order valence-corrected chi connectivity index (χ1v) is 11.7. The van der Waals surface area contributed by atoms with Gasteiger partial charge in [-0.05, 0) is 48.0 Å². The highest BCUT2D eigenvalue weighted by atomic mass is 28.4. The summed E-state index contributed by atoms with van der Waals surface area (Å²) in [7, 11) is -1.86. The lowest BCUT2D eigenvalue weighted by Crippen LogP contribution is -2.43. The van der Waals surface area contributed by atoms with Crippen molar-refractivity contribution < 1.29 is 13.6 Å². The van der Waals surface area contributed by atoms with Gasteiger partial charge in [-0.2, -0.15) is 0 Å². The van der Waals surface area contributed by atoms with Crippen molar-refractivity contribution in [3.05, 3.63) is 23.2 Å². The van der Waals surface area contributed by atoms with Crippen molar-refractivity contribution in [2.75, 3.05) is 6.61 Å². The second kappa shape index (κ2) is 6.71. The Morgan fingerprint density at radius 2 is 2.04 bits per heavy atom. The van der Waals surface area contributed by atoms with Gasteiger partial charge in [0.1, 0.15) is 30.8 Å². The molecule has 134 valence electrons. The van der Waals surface area contributed by atoms with Crippen LogP contribution in [0.2, 0.25) is 18.1 Å². The summed E-state index contributed by atoms with van der Waals surface area (Å²) in [5, 5.41) is 0.181. The maximum absolute atomic E-state index is 6.72. The van der Waals surface area contributed by atoms with Gasteiger partial charge in [0.15, 0.2) is 8.32 Å². The van der Waals surface area contributed by atoms with Crippen LogP contribution in [0, 0.1) is 17.8 Å². The Bertz CT molecular complexity index is 614. The fraction of sp³-hybridized carbons (Fsp3) is 0.700. The molecule has 1 unspecified atom stereocenters. The predicted molar refractivity (Wildman–Crippen MR) is 100 cm³/mol. The predicted octanol–water partition coefficient (Wildman–Crippen LogP) is 5.46. The zero-order chi connectivity index (χ0) is 18.2. The first-order chi connectivity index (χ1) is 11.0. The number of fused-ring (bicyclic) bond motifs is 1. The van der Waals surface area contributed by atoms with E-state index in [0.29, 0.717) is 13.2 Å². The molecule has 0 amide bonds. The van der Waals surface area contributed by atoms with Gasteiger partial charge >= 0.3 is 0 Å². The van der Waals surface area contributed by atoms with Crippen LogP contribution in [0.5, 0.6) is 0 Å². The van der Waals surface area contributed by atoms with Gasteiger partial charge in [0.05, 0.1) is 0 Å². The third kappa shape index (κ3) is 4.33. The molecule has 2 rings (SSSR count). The Labute approximate surface area is 148 Å². The standard InChI is InChI=1S/C20H32O3Si/c1-9-10-21-14-16-11-15-12-20(5,6)13-17(18(15)22-16)23-24(7,8)19(2,3)4/h1,11,17H,10,12-14H2,2-8H3. The number of hydrogen-bond acceptors (Lipinski definition) is 3. The van der Waals surface area contributed by atoms with Crippen LogP contribution in [-0.4, -0.2) is 14.9 Å². The molecule has 0 radical (unpaired) electrons. The van der Waals surface area contributed by atoms with Crippen LogP contribution < -0.4 is 0 Å². The van der Waals surface area contributed by atoms with E-state index in [9.17, 15) is 0 Å². The molecule has 0 saturated carbocycles. The summed E-state index contributed by atoms with van der Waals surface area (Å²) in [6.45, 7) is 16.8. The molecule has 1 aromatic heterocycles. The van der Waals surface area contributed by atoms with Gasteiger partial charge in [-0.15, -0.1) is 6.42 Å². The summed E-state index contributed by atoms with van der Waals surface area (Å²) in [5.74, 6) is 4.33. The van der Waals surface area contributed by atoms with Gasteiger partial charge < -0.3 is 13.6 Å². The molecule has 4 heteroatoms. The van der Waals surface area contributed by atoms with E-state index >= 15 is 0 Å². The van der Waals surface area contributed by atoms with Crippen molar-refractivity contribution in [1.82, 2.24) is 0 Å². The van der Waals surface area contributed by atoms with Crippen LogP contribution >= 0.6 is 0 Å². The van der Waals surface area contributed by atoms with Crippen LogP contribution in [0.15, 0.2) is 10.5 Å². The Morgan fingerprint density at radius 3 is 2.62 bits per heavy atom. The van der Waals surface area contributed by atoms with Gasteiger partial charge in [-0.25, -0.2) is 0 Å². The van der Waals surface area contributed by atoms with Gasteiger partial charge in [-0.3, -0.25) is 0 Å². The molecule has 0 N–H and O–H groups in total. The highest BCUT2D eigenvalue weighted by Crippen LogP contribution is 2.48. The first-order valence-electron chi connectivity index (χ1n) is 8.76. The van der Waals surface area contributed by atoms with Crippen LogP contribution in [0.4, 0.5) is 0 Å². The molecule has 24 heavy (non-hydrogen) atoms. The zero-order valence-electron chi connectivity index (χ0n) is 16.3. The highest BCUT2D eigenvalue weighted by molar-refractivity contribution is 6.74. The minimum atomic E-state index is -1.86. The maximum Gasteiger partial charge on any atom is 0.193 e. The molecule has 0 spiro atoms. The highest BCUT2D eigenvalue weighted by Gasteiger charge is 2.43. The van der Waals surface area contributed by atoms with Gasteiger partial charge in [0.2, 0.25) is 0 Å². The van der Waals surface area contributed by atoms with E-state index in [1.54, 1.807) is 0 Å². The molecule has 1 aliphatic carbocycles. The molecule has 0 aromatic carbocycles. The fourth-order valence-electron chi connectivity index (χ4n) is 3.00. The topological polar surface area (TPSA) is 31.6 Å². The van der Waals surface area contributed by atoms with Gasteiger partial charge in [0.25, 0.3) is 0 Å². The molecule has 1 atom stereocenters. The molecule has 1 aliphatic rings. The normalized spacial score (nSPS) is 20.5. The van der Waals surface area contributed by atoms with Crippen molar-refractivity contribution in [2.24, 2.45) is 5.41 Å². The van der Waals surface area contributed by atoms with Crippen molar-refractivity contribution in [2.45, 2.75) is 78.3 Å². The van der Waals surface area contributed by atoms with E-state index < -0.39 is 8.32 Å². The Morgan fingerprint density at radius 1 is 1.38 bits per heavy atom.